The molecule has 3 rings (SSSR count). The zero-order valence-corrected chi connectivity index (χ0v) is 14.9. The normalized spacial score (nSPS) is 10.7. The van der Waals surface area contributed by atoms with Gasteiger partial charge < -0.3 is 23.9 Å². The zero-order chi connectivity index (χ0) is 17.8. The topological polar surface area (TPSA) is 65.6 Å². The minimum Gasteiger partial charge on any atom is -0.493 e. The third kappa shape index (κ3) is 3.33. The summed E-state index contributed by atoms with van der Waals surface area (Å²) in [5.41, 5.74) is 2.60. The highest BCUT2D eigenvalue weighted by Gasteiger charge is 2.13. The van der Waals surface area contributed by atoms with Gasteiger partial charge in [-0.05, 0) is 24.6 Å². The molecule has 0 unspecified atom stereocenters. The van der Waals surface area contributed by atoms with E-state index >= 15 is 0 Å². The minimum absolute atomic E-state index is 0.633. The van der Waals surface area contributed by atoms with E-state index in [2.05, 4.69) is 16.9 Å². The first-order chi connectivity index (χ1) is 12.2. The van der Waals surface area contributed by atoms with Crippen molar-refractivity contribution in [2.24, 2.45) is 0 Å². The van der Waals surface area contributed by atoms with Crippen LogP contribution in [0.5, 0.6) is 23.0 Å². The van der Waals surface area contributed by atoms with Crippen molar-refractivity contribution in [3.8, 4) is 34.4 Å². The van der Waals surface area contributed by atoms with E-state index in [1.807, 2.05) is 30.3 Å². The molecule has 1 aromatic heterocycles. The second kappa shape index (κ2) is 7.34. The first kappa shape index (κ1) is 17.0. The second-order valence-electron chi connectivity index (χ2n) is 5.52. The number of H-pyrrole nitrogens is 1. The van der Waals surface area contributed by atoms with Crippen molar-refractivity contribution in [1.82, 2.24) is 9.97 Å². The molecule has 25 heavy (non-hydrogen) atoms. The number of aromatic amines is 1. The third-order valence-electron chi connectivity index (χ3n) is 3.89. The Labute approximate surface area is 146 Å². The molecule has 1 heterocycles. The maximum Gasteiger partial charge on any atom is 0.163 e. The van der Waals surface area contributed by atoms with Crippen molar-refractivity contribution in [2.45, 2.75) is 13.3 Å². The molecule has 6 heteroatoms. The van der Waals surface area contributed by atoms with Gasteiger partial charge in [0.15, 0.2) is 23.0 Å². The summed E-state index contributed by atoms with van der Waals surface area (Å²) >= 11 is 0. The number of imidazole rings is 1. The quantitative estimate of drug-likeness (QED) is 0.702. The molecule has 0 amide bonds. The van der Waals surface area contributed by atoms with Crippen molar-refractivity contribution in [3.63, 3.8) is 0 Å². The summed E-state index contributed by atoms with van der Waals surface area (Å²) in [5, 5.41) is 0. The van der Waals surface area contributed by atoms with Gasteiger partial charge in [-0.2, -0.15) is 0 Å². The number of benzene rings is 2. The molecule has 6 nitrogen and oxygen atoms in total. The second-order valence-corrected chi connectivity index (χ2v) is 5.52. The molecule has 0 fully saturated rings. The zero-order valence-electron chi connectivity index (χ0n) is 14.9. The van der Waals surface area contributed by atoms with Gasteiger partial charge in [-0.1, -0.05) is 6.92 Å². The fourth-order valence-electron chi connectivity index (χ4n) is 2.62. The van der Waals surface area contributed by atoms with Crippen molar-refractivity contribution in [1.29, 1.82) is 0 Å². The van der Waals surface area contributed by atoms with Crippen LogP contribution in [-0.4, -0.2) is 37.9 Å². The van der Waals surface area contributed by atoms with Gasteiger partial charge in [-0.25, -0.2) is 4.98 Å². The van der Waals surface area contributed by atoms with Gasteiger partial charge in [-0.15, -0.1) is 0 Å². The molecule has 0 aliphatic rings. The lowest BCUT2D eigenvalue weighted by molar-refractivity contribution is 0.294. The Morgan fingerprint density at radius 2 is 1.60 bits per heavy atom. The molecule has 2 aromatic carbocycles. The Kier molecular flexibility index (Phi) is 4.97. The maximum atomic E-state index is 5.78. The van der Waals surface area contributed by atoms with E-state index in [1.54, 1.807) is 21.3 Å². The molecule has 0 saturated heterocycles. The predicted octanol–water partition coefficient (Wildman–Crippen LogP) is 4.04. The van der Waals surface area contributed by atoms with Crippen LogP contribution in [0.1, 0.15) is 13.3 Å². The molecule has 132 valence electrons. The van der Waals surface area contributed by atoms with Crippen molar-refractivity contribution in [3.05, 3.63) is 30.3 Å². The van der Waals surface area contributed by atoms with Crippen molar-refractivity contribution in [2.75, 3.05) is 27.9 Å². The number of hydrogen-bond acceptors (Lipinski definition) is 5. The average molecular weight is 342 g/mol. The summed E-state index contributed by atoms with van der Waals surface area (Å²) in [5.74, 6) is 3.46. The van der Waals surface area contributed by atoms with Crippen LogP contribution in [-0.2, 0) is 0 Å². The van der Waals surface area contributed by atoms with Gasteiger partial charge in [0.05, 0.1) is 39.0 Å². The predicted molar refractivity (Wildman–Crippen MR) is 97.0 cm³/mol. The largest absolute Gasteiger partial charge is 0.493 e. The summed E-state index contributed by atoms with van der Waals surface area (Å²) in [6.45, 7) is 2.70. The summed E-state index contributed by atoms with van der Waals surface area (Å²) in [6, 6.07) is 9.49. The number of fused-ring (bicyclic) bond motifs is 1. The Morgan fingerprint density at radius 3 is 2.28 bits per heavy atom. The van der Waals surface area contributed by atoms with E-state index in [1.165, 1.54) is 0 Å². The fourth-order valence-corrected chi connectivity index (χ4v) is 2.62. The molecule has 0 atom stereocenters. The van der Waals surface area contributed by atoms with Crippen molar-refractivity contribution >= 4 is 11.0 Å². The van der Waals surface area contributed by atoms with Gasteiger partial charge in [0, 0.05) is 17.7 Å². The molecule has 0 saturated carbocycles. The lowest BCUT2D eigenvalue weighted by Gasteiger charge is -2.11. The number of hydrogen-bond donors (Lipinski definition) is 1. The van der Waals surface area contributed by atoms with E-state index in [-0.39, 0.29) is 0 Å². The standard InChI is InChI=1S/C19H22N2O4/c1-5-8-25-18-9-12(6-7-15(18)22-2)19-20-13-10-16(23-3)17(24-4)11-14(13)21-19/h6-7,9-11H,5,8H2,1-4H3,(H,20,21). The smallest absolute Gasteiger partial charge is 0.163 e. The van der Waals surface area contributed by atoms with Crippen LogP contribution in [0.3, 0.4) is 0 Å². The number of methoxy groups -OCH3 is 3. The van der Waals surface area contributed by atoms with Gasteiger partial charge >= 0.3 is 0 Å². The summed E-state index contributed by atoms with van der Waals surface area (Å²) in [6.07, 6.45) is 0.928. The third-order valence-corrected chi connectivity index (χ3v) is 3.89. The number of ether oxygens (including phenoxy) is 4. The number of aromatic nitrogens is 2. The van der Waals surface area contributed by atoms with Crippen LogP contribution in [0.25, 0.3) is 22.4 Å². The Hall–Kier alpha value is -2.89. The number of nitrogens with one attached hydrogen (secondary N) is 1. The summed E-state index contributed by atoms with van der Waals surface area (Å²) in [7, 11) is 4.85. The number of rotatable bonds is 7. The first-order valence-electron chi connectivity index (χ1n) is 8.13. The molecular weight excluding hydrogens is 320 g/mol. The van der Waals surface area contributed by atoms with Crippen LogP contribution in [0.4, 0.5) is 0 Å². The van der Waals surface area contributed by atoms with Crippen LogP contribution in [0, 0.1) is 0 Å². The van der Waals surface area contributed by atoms with Gasteiger partial charge in [-0.3, -0.25) is 0 Å². The molecule has 0 aliphatic carbocycles. The minimum atomic E-state index is 0.633. The Morgan fingerprint density at radius 1 is 0.880 bits per heavy atom. The van der Waals surface area contributed by atoms with E-state index < -0.39 is 0 Å². The SMILES string of the molecule is CCCOc1cc(-c2nc3cc(OC)c(OC)cc3[nH]2)ccc1OC. The van der Waals surface area contributed by atoms with Crippen LogP contribution >= 0.6 is 0 Å². The molecule has 1 N–H and O–H groups in total. The van der Waals surface area contributed by atoms with Crippen LogP contribution in [0.15, 0.2) is 30.3 Å². The molecule has 0 radical (unpaired) electrons. The highest BCUT2D eigenvalue weighted by Crippen LogP contribution is 2.35. The molecular formula is C19H22N2O4. The molecule has 0 aliphatic heterocycles. The van der Waals surface area contributed by atoms with E-state index in [4.69, 9.17) is 18.9 Å². The van der Waals surface area contributed by atoms with Gasteiger partial charge in [0.25, 0.3) is 0 Å². The van der Waals surface area contributed by atoms with Crippen molar-refractivity contribution < 1.29 is 18.9 Å². The van der Waals surface area contributed by atoms with Crippen LogP contribution < -0.4 is 18.9 Å². The first-order valence-corrected chi connectivity index (χ1v) is 8.13. The number of nitrogens with zero attached hydrogens (tertiary/aromatic N) is 1. The highest BCUT2D eigenvalue weighted by molar-refractivity contribution is 5.83. The van der Waals surface area contributed by atoms with E-state index in [9.17, 15) is 0 Å². The fraction of sp³-hybridized carbons (Fsp3) is 0.316. The van der Waals surface area contributed by atoms with Gasteiger partial charge in [0.1, 0.15) is 5.82 Å². The molecule has 3 aromatic rings. The average Bonchev–Trinajstić information content (AvgIpc) is 3.07. The van der Waals surface area contributed by atoms with E-state index in [0.717, 1.165) is 28.8 Å². The lowest BCUT2D eigenvalue weighted by atomic mass is 10.2. The lowest BCUT2D eigenvalue weighted by Crippen LogP contribution is -1.98. The van der Waals surface area contributed by atoms with Crippen LogP contribution in [0.2, 0.25) is 0 Å². The Bertz CT molecular complexity index is 832. The molecule has 0 spiro atoms. The summed E-state index contributed by atoms with van der Waals surface area (Å²) < 4.78 is 21.8. The van der Waals surface area contributed by atoms with E-state index in [0.29, 0.717) is 29.6 Å². The summed E-state index contributed by atoms with van der Waals surface area (Å²) in [4.78, 5) is 7.97. The highest BCUT2D eigenvalue weighted by atomic mass is 16.5. The maximum absolute atomic E-state index is 5.78. The monoisotopic (exact) mass is 342 g/mol. The molecule has 0 bridgehead atoms. The Balaban J connectivity index is 2.03. The van der Waals surface area contributed by atoms with Gasteiger partial charge in [0.2, 0.25) is 0 Å².